The van der Waals surface area contributed by atoms with E-state index < -0.39 is 0 Å². The molecule has 3 heteroatoms. The summed E-state index contributed by atoms with van der Waals surface area (Å²) < 4.78 is 0. The fourth-order valence-electron chi connectivity index (χ4n) is 2.07. The van der Waals surface area contributed by atoms with Gasteiger partial charge in [0.15, 0.2) is 0 Å². The molecule has 1 unspecified atom stereocenters. The summed E-state index contributed by atoms with van der Waals surface area (Å²) in [6.07, 6.45) is 3.87. The van der Waals surface area contributed by atoms with Gasteiger partial charge in [-0.1, -0.05) is 49.7 Å². The van der Waals surface area contributed by atoms with Crippen LogP contribution in [0.4, 0.5) is 5.69 Å². The Kier molecular flexibility index (Phi) is 4.80. The second-order valence-electron chi connectivity index (χ2n) is 4.57. The van der Waals surface area contributed by atoms with Crippen LogP contribution in [0.3, 0.4) is 0 Å². The maximum atomic E-state index is 5.79. The van der Waals surface area contributed by atoms with Crippen molar-refractivity contribution in [1.29, 1.82) is 0 Å². The average molecular weight is 275 g/mol. The third kappa shape index (κ3) is 3.71. The summed E-state index contributed by atoms with van der Waals surface area (Å²) in [5.74, 6) is 0. The molecule has 1 N–H and O–H groups in total. The summed E-state index contributed by atoms with van der Waals surface area (Å²) in [6, 6.07) is 12.8. The Morgan fingerprint density at radius 2 is 1.84 bits per heavy atom. The van der Waals surface area contributed by atoms with E-state index in [4.69, 9.17) is 11.6 Å². The van der Waals surface area contributed by atoms with Gasteiger partial charge in [-0.2, -0.15) is 0 Å². The minimum Gasteiger partial charge on any atom is -0.377 e. The summed E-state index contributed by atoms with van der Waals surface area (Å²) in [4.78, 5) is 4.09. The second kappa shape index (κ2) is 6.58. The molecule has 2 aromatic rings. The van der Waals surface area contributed by atoms with Gasteiger partial charge < -0.3 is 5.32 Å². The van der Waals surface area contributed by atoms with Gasteiger partial charge in [-0.25, -0.2) is 4.98 Å². The quantitative estimate of drug-likeness (QED) is 0.788. The van der Waals surface area contributed by atoms with Crippen LogP contribution in [0.5, 0.6) is 0 Å². The van der Waals surface area contributed by atoms with Crippen LogP contribution in [0.2, 0.25) is 5.15 Å². The molecule has 2 rings (SSSR count). The van der Waals surface area contributed by atoms with E-state index in [1.165, 1.54) is 11.1 Å². The van der Waals surface area contributed by atoms with Gasteiger partial charge in [0.2, 0.25) is 0 Å². The molecule has 0 amide bonds. The first-order valence-corrected chi connectivity index (χ1v) is 7.07. The molecule has 0 aliphatic carbocycles. The molecule has 19 heavy (non-hydrogen) atoms. The Morgan fingerprint density at radius 3 is 2.37 bits per heavy atom. The molecule has 100 valence electrons. The van der Waals surface area contributed by atoms with Crippen LogP contribution in [0, 0.1) is 0 Å². The number of hydrogen-bond donors (Lipinski definition) is 1. The zero-order valence-electron chi connectivity index (χ0n) is 11.4. The topological polar surface area (TPSA) is 24.9 Å². The van der Waals surface area contributed by atoms with Gasteiger partial charge in [0.1, 0.15) is 5.15 Å². The lowest BCUT2D eigenvalue weighted by Crippen LogP contribution is -2.09. The van der Waals surface area contributed by atoms with Crippen molar-refractivity contribution in [3.8, 4) is 0 Å². The smallest absolute Gasteiger partial charge is 0.129 e. The highest BCUT2D eigenvalue weighted by atomic mass is 35.5. The predicted molar refractivity (Wildman–Crippen MR) is 81.7 cm³/mol. The van der Waals surface area contributed by atoms with E-state index in [1.807, 2.05) is 6.07 Å². The maximum absolute atomic E-state index is 5.79. The van der Waals surface area contributed by atoms with Crippen LogP contribution < -0.4 is 5.32 Å². The van der Waals surface area contributed by atoms with Gasteiger partial charge in [-0.05, 0) is 36.1 Å². The Labute approximate surface area is 119 Å². The number of halogens is 1. The lowest BCUT2D eigenvalue weighted by atomic mass is 10.0. The number of aromatic nitrogens is 1. The summed E-state index contributed by atoms with van der Waals surface area (Å²) >= 11 is 5.79. The van der Waals surface area contributed by atoms with E-state index in [0.29, 0.717) is 11.2 Å². The van der Waals surface area contributed by atoms with Gasteiger partial charge in [-0.15, -0.1) is 0 Å². The summed E-state index contributed by atoms with van der Waals surface area (Å²) in [5, 5.41) is 4.01. The van der Waals surface area contributed by atoms with Crippen molar-refractivity contribution in [1.82, 2.24) is 4.98 Å². The van der Waals surface area contributed by atoms with Crippen molar-refractivity contribution in [2.45, 2.75) is 32.7 Å². The number of benzene rings is 1. The molecule has 1 aromatic heterocycles. The Balaban J connectivity index is 2.12. The van der Waals surface area contributed by atoms with Crippen molar-refractivity contribution in [2.24, 2.45) is 0 Å². The van der Waals surface area contributed by atoms with Crippen LogP contribution in [-0.2, 0) is 6.42 Å². The van der Waals surface area contributed by atoms with Crippen LogP contribution in [0.1, 0.15) is 37.4 Å². The van der Waals surface area contributed by atoms with Crippen molar-refractivity contribution >= 4 is 17.3 Å². The van der Waals surface area contributed by atoms with Crippen molar-refractivity contribution in [3.05, 3.63) is 58.9 Å². The van der Waals surface area contributed by atoms with Gasteiger partial charge in [0.25, 0.3) is 0 Å². The highest BCUT2D eigenvalue weighted by Gasteiger charge is 2.09. The minimum atomic E-state index is 0.300. The molecule has 0 fully saturated rings. The predicted octanol–water partition coefficient (Wildman–Crippen LogP) is 4.86. The number of hydrogen-bond acceptors (Lipinski definition) is 2. The standard InChI is InChI=1S/C16H19ClN2/c1-3-12-5-7-13(8-6-12)15(4-2)19-14-9-10-16(17)18-11-14/h5-11,15,19H,3-4H2,1-2H3. The molecule has 1 heterocycles. The largest absolute Gasteiger partial charge is 0.377 e. The fourth-order valence-corrected chi connectivity index (χ4v) is 2.18. The van der Waals surface area contributed by atoms with Gasteiger partial charge in [0, 0.05) is 0 Å². The lowest BCUT2D eigenvalue weighted by molar-refractivity contribution is 0.748. The molecule has 0 aliphatic heterocycles. The van der Waals surface area contributed by atoms with Crippen LogP contribution in [0.25, 0.3) is 0 Å². The van der Waals surface area contributed by atoms with Crippen molar-refractivity contribution in [2.75, 3.05) is 5.32 Å². The minimum absolute atomic E-state index is 0.300. The first kappa shape index (κ1) is 13.9. The Morgan fingerprint density at radius 1 is 1.11 bits per heavy atom. The third-order valence-electron chi connectivity index (χ3n) is 3.27. The molecule has 0 aliphatic rings. The number of pyridine rings is 1. The first-order chi connectivity index (χ1) is 9.22. The summed E-state index contributed by atoms with van der Waals surface area (Å²) in [7, 11) is 0. The number of aryl methyl sites for hydroxylation is 1. The normalized spacial score (nSPS) is 12.2. The van der Waals surface area contributed by atoms with Crippen LogP contribution in [0.15, 0.2) is 42.6 Å². The van der Waals surface area contributed by atoms with Crippen molar-refractivity contribution < 1.29 is 0 Å². The number of rotatable bonds is 5. The van der Waals surface area contributed by atoms with Crippen molar-refractivity contribution in [3.63, 3.8) is 0 Å². The second-order valence-corrected chi connectivity index (χ2v) is 4.96. The first-order valence-electron chi connectivity index (χ1n) is 6.69. The van der Waals surface area contributed by atoms with E-state index in [1.54, 1.807) is 12.3 Å². The SMILES string of the molecule is CCc1ccc(C(CC)Nc2ccc(Cl)nc2)cc1. The van der Waals surface area contributed by atoms with Crippen LogP contribution >= 0.6 is 11.6 Å². The van der Waals surface area contributed by atoms with E-state index in [-0.39, 0.29) is 0 Å². The number of nitrogens with one attached hydrogen (secondary N) is 1. The zero-order chi connectivity index (χ0) is 13.7. The molecule has 2 nitrogen and oxygen atoms in total. The zero-order valence-corrected chi connectivity index (χ0v) is 12.1. The van der Waals surface area contributed by atoms with E-state index in [9.17, 15) is 0 Å². The molecule has 1 aromatic carbocycles. The number of nitrogens with zero attached hydrogens (tertiary/aromatic N) is 1. The van der Waals surface area contributed by atoms with Gasteiger partial charge in [-0.3, -0.25) is 0 Å². The molecule has 0 saturated heterocycles. The highest BCUT2D eigenvalue weighted by Crippen LogP contribution is 2.23. The van der Waals surface area contributed by atoms with Gasteiger partial charge in [0.05, 0.1) is 17.9 Å². The van der Waals surface area contributed by atoms with E-state index >= 15 is 0 Å². The average Bonchev–Trinajstić information content (AvgIpc) is 2.47. The Hall–Kier alpha value is -1.54. The molecular formula is C16H19ClN2. The highest BCUT2D eigenvalue weighted by molar-refractivity contribution is 6.29. The molecule has 0 radical (unpaired) electrons. The molecule has 1 atom stereocenters. The van der Waals surface area contributed by atoms with E-state index in [0.717, 1.165) is 18.5 Å². The monoisotopic (exact) mass is 274 g/mol. The van der Waals surface area contributed by atoms with Crippen LogP contribution in [-0.4, -0.2) is 4.98 Å². The van der Waals surface area contributed by atoms with E-state index in [2.05, 4.69) is 48.4 Å². The summed E-state index contributed by atoms with van der Waals surface area (Å²) in [6.45, 7) is 4.35. The van der Waals surface area contributed by atoms with Gasteiger partial charge >= 0.3 is 0 Å². The molecule has 0 spiro atoms. The third-order valence-corrected chi connectivity index (χ3v) is 3.49. The molecular weight excluding hydrogens is 256 g/mol. The fraction of sp³-hybridized carbons (Fsp3) is 0.312. The lowest BCUT2D eigenvalue weighted by Gasteiger charge is -2.19. The summed E-state index contributed by atoms with van der Waals surface area (Å²) in [5.41, 5.74) is 3.66. The molecule has 0 saturated carbocycles. The maximum Gasteiger partial charge on any atom is 0.129 e. The number of anilines is 1. The Bertz CT molecular complexity index is 505. The molecule has 0 bridgehead atoms.